The largest absolute Gasteiger partial charge is 0.489 e. The van der Waals surface area contributed by atoms with E-state index in [9.17, 15) is 5.26 Å². The lowest BCUT2D eigenvalue weighted by Crippen LogP contribution is -2.42. The van der Waals surface area contributed by atoms with Crippen molar-refractivity contribution in [2.24, 2.45) is 0 Å². The van der Waals surface area contributed by atoms with Crippen LogP contribution in [0.1, 0.15) is 11.1 Å². The number of fused-ring (bicyclic) bond motifs is 1. The Hall–Kier alpha value is -2.23. The molecule has 2 heterocycles. The number of nitriles is 1. The standard InChI is InChI=1S/C22H22Cl2N4O/c23-4-10-29-22-18(14-25)12-19(13-20(22)24)28-7-3-17-11-16(1-2-21(17)28)15-27-8-5-26-6-9-27/h1-3,7,11-13,26H,4-6,8-10,15H2. The molecule has 1 saturated heterocycles. The van der Waals surface area contributed by atoms with Gasteiger partial charge in [0.05, 0.1) is 22.0 Å². The number of rotatable bonds is 6. The normalized spacial score (nSPS) is 14.8. The number of nitrogens with zero attached hydrogens (tertiary/aromatic N) is 3. The molecule has 150 valence electrons. The summed E-state index contributed by atoms with van der Waals surface area (Å²) < 4.78 is 7.59. The Morgan fingerprint density at radius 3 is 2.72 bits per heavy atom. The van der Waals surface area contributed by atoms with Crippen molar-refractivity contribution in [1.82, 2.24) is 14.8 Å². The minimum Gasteiger partial charge on any atom is -0.489 e. The predicted octanol–water partition coefficient (Wildman–Crippen LogP) is 4.18. The van der Waals surface area contributed by atoms with E-state index in [-0.39, 0.29) is 0 Å². The second-order valence-corrected chi connectivity index (χ2v) is 7.84. The third kappa shape index (κ3) is 4.36. The summed E-state index contributed by atoms with van der Waals surface area (Å²) in [5.74, 6) is 0.718. The van der Waals surface area contributed by atoms with Gasteiger partial charge in [-0.3, -0.25) is 4.90 Å². The van der Waals surface area contributed by atoms with Crippen molar-refractivity contribution in [2.45, 2.75) is 6.54 Å². The Balaban J connectivity index is 1.64. The van der Waals surface area contributed by atoms with Gasteiger partial charge in [0.15, 0.2) is 5.75 Å². The van der Waals surface area contributed by atoms with Crippen LogP contribution in [0.25, 0.3) is 16.6 Å². The Bertz CT molecular complexity index is 1050. The van der Waals surface area contributed by atoms with Gasteiger partial charge in [-0.2, -0.15) is 5.26 Å². The molecule has 0 atom stereocenters. The molecule has 0 bridgehead atoms. The number of benzene rings is 2. The molecule has 1 aliphatic rings. The summed E-state index contributed by atoms with van der Waals surface area (Å²) in [7, 11) is 0. The first kappa shape index (κ1) is 20.1. The lowest BCUT2D eigenvalue weighted by Gasteiger charge is -2.27. The van der Waals surface area contributed by atoms with E-state index in [1.165, 1.54) is 5.56 Å². The molecule has 1 N–H and O–H groups in total. The Morgan fingerprint density at radius 1 is 1.14 bits per heavy atom. The molecule has 2 aromatic carbocycles. The highest BCUT2D eigenvalue weighted by atomic mass is 35.5. The van der Waals surface area contributed by atoms with Crippen molar-refractivity contribution in [2.75, 3.05) is 38.7 Å². The predicted molar refractivity (Wildman–Crippen MR) is 117 cm³/mol. The van der Waals surface area contributed by atoms with Crippen molar-refractivity contribution in [1.29, 1.82) is 5.26 Å². The van der Waals surface area contributed by atoms with E-state index in [4.69, 9.17) is 27.9 Å². The topological polar surface area (TPSA) is 53.2 Å². The third-order valence-electron chi connectivity index (χ3n) is 5.12. The maximum Gasteiger partial charge on any atom is 0.155 e. The summed E-state index contributed by atoms with van der Waals surface area (Å²) in [6.45, 7) is 5.51. The SMILES string of the molecule is N#Cc1cc(-n2ccc3cc(CN4CCNCC4)ccc32)cc(Cl)c1OCCCl. The summed E-state index contributed by atoms with van der Waals surface area (Å²) >= 11 is 12.1. The van der Waals surface area contributed by atoms with Gasteiger partial charge in [-0.15, -0.1) is 11.6 Å². The molecule has 0 radical (unpaired) electrons. The van der Waals surface area contributed by atoms with Crippen LogP contribution in [0.2, 0.25) is 5.02 Å². The average molecular weight is 429 g/mol. The van der Waals surface area contributed by atoms with Gasteiger partial charge in [0.1, 0.15) is 12.7 Å². The number of piperazine rings is 1. The van der Waals surface area contributed by atoms with E-state index in [1.807, 2.05) is 16.8 Å². The monoisotopic (exact) mass is 428 g/mol. The van der Waals surface area contributed by atoms with Gasteiger partial charge < -0.3 is 14.6 Å². The fraction of sp³-hybridized carbons (Fsp3) is 0.318. The summed E-state index contributed by atoms with van der Waals surface area (Å²) in [6.07, 6.45) is 2.01. The quantitative estimate of drug-likeness (QED) is 0.598. The molecule has 4 rings (SSSR count). The lowest BCUT2D eigenvalue weighted by molar-refractivity contribution is 0.233. The van der Waals surface area contributed by atoms with Crippen molar-refractivity contribution < 1.29 is 4.74 Å². The molecule has 3 aromatic rings. The molecule has 0 aliphatic carbocycles. The summed E-state index contributed by atoms with van der Waals surface area (Å²) in [4.78, 5) is 2.47. The smallest absolute Gasteiger partial charge is 0.155 e. The molecular weight excluding hydrogens is 407 g/mol. The van der Waals surface area contributed by atoms with Gasteiger partial charge in [-0.1, -0.05) is 17.7 Å². The molecule has 29 heavy (non-hydrogen) atoms. The first-order valence-corrected chi connectivity index (χ1v) is 10.6. The van der Waals surface area contributed by atoms with Crippen LogP contribution in [0.4, 0.5) is 0 Å². The highest BCUT2D eigenvalue weighted by Gasteiger charge is 2.14. The van der Waals surface area contributed by atoms with Crippen LogP contribution in [0, 0.1) is 11.3 Å². The number of alkyl halides is 1. The highest BCUT2D eigenvalue weighted by Crippen LogP contribution is 2.33. The molecule has 0 saturated carbocycles. The van der Waals surface area contributed by atoms with E-state index in [0.29, 0.717) is 28.8 Å². The number of ether oxygens (including phenoxy) is 1. The molecule has 7 heteroatoms. The summed E-state index contributed by atoms with van der Waals surface area (Å²) in [5.41, 5.74) is 3.60. The van der Waals surface area contributed by atoms with E-state index >= 15 is 0 Å². The van der Waals surface area contributed by atoms with E-state index in [1.54, 1.807) is 6.07 Å². The zero-order valence-electron chi connectivity index (χ0n) is 16.0. The van der Waals surface area contributed by atoms with Gasteiger partial charge in [-0.05, 0) is 35.9 Å². The van der Waals surface area contributed by atoms with Crippen molar-refractivity contribution >= 4 is 34.1 Å². The molecule has 1 fully saturated rings. The van der Waals surface area contributed by atoms with Gasteiger partial charge in [-0.25, -0.2) is 0 Å². The number of aromatic nitrogens is 1. The number of halogens is 2. The molecule has 5 nitrogen and oxygen atoms in total. The minimum atomic E-state index is 0.303. The van der Waals surface area contributed by atoms with E-state index < -0.39 is 0 Å². The second kappa shape index (κ2) is 9.06. The molecule has 0 unspecified atom stereocenters. The second-order valence-electron chi connectivity index (χ2n) is 7.06. The van der Waals surface area contributed by atoms with Gasteiger partial charge in [0, 0.05) is 50.0 Å². The van der Waals surface area contributed by atoms with Gasteiger partial charge in [0.2, 0.25) is 0 Å². The zero-order chi connectivity index (χ0) is 20.2. The van der Waals surface area contributed by atoms with Crippen LogP contribution in [0.15, 0.2) is 42.6 Å². The molecule has 1 aliphatic heterocycles. The molecule has 0 amide bonds. The van der Waals surface area contributed by atoms with Gasteiger partial charge >= 0.3 is 0 Å². The molecular formula is C22H22Cl2N4O. The van der Waals surface area contributed by atoms with Crippen molar-refractivity contribution in [3.63, 3.8) is 0 Å². The number of hydrogen-bond donors (Lipinski definition) is 1. The van der Waals surface area contributed by atoms with Crippen LogP contribution in [-0.4, -0.2) is 48.1 Å². The first-order valence-electron chi connectivity index (χ1n) is 9.65. The van der Waals surface area contributed by atoms with Gasteiger partial charge in [0.25, 0.3) is 0 Å². The third-order valence-corrected chi connectivity index (χ3v) is 5.56. The first-order chi connectivity index (χ1) is 14.2. The zero-order valence-corrected chi connectivity index (χ0v) is 17.5. The Morgan fingerprint density at radius 2 is 1.97 bits per heavy atom. The number of nitrogens with one attached hydrogen (secondary N) is 1. The van der Waals surface area contributed by atoms with Crippen LogP contribution in [-0.2, 0) is 6.54 Å². The maximum atomic E-state index is 9.53. The summed E-state index contributed by atoms with van der Waals surface area (Å²) in [6, 6.07) is 14.4. The molecule has 1 aromatic heterocycles. The fourth-order valence-electron chi connectivity index (χ4n) is 3.73. The minimum absolute atomic E-state index is 0.303. The van der Waals surface area contributed by atoms with Crippen molar-refractivity contribution in [3.05, 3.63) is 58.7 Å². The Labute approximate surface area is 180 Å². The average Bonchev–Trinajstić information content (AvgIpc) is 3.16. The Kier molecular flexibility index (Phi) is 6.27. The highest BCUT2D eigenvalue weighted by molar-refractivity contribution is 6.32. The van der Waals surface area contributed by atoms with E-state index in [0.717, 1.165) is 49.3 Å². The fourth-order valence-corrected chi connectivity index (χ4v) is 4.08. The van der Waals surface area contributed by atoms with E-state index in [2.05, 4.69) is 40.6 Å². The van der Waals surface area contributed by atoms with Crippen LogP contribution in [0.3, 0.4) is 0 Å². The van der Waals surface area contributed by atoms with Crippen LogP contribution < -0.4 is 10.1 Å². The molecule has 0 spiro atoms. The lowest BCUT2D eigenvalue weighted by atomic mass is 10.1. The maximum absolute atomic E-state index is 9.53. The van der Waals surface area contributed by atoms with Crippen molar-refractivity contribution in [3.8, 4) is 17.5 Å². The van der Waals surface area contributed by atoms with Crippen LogP contribution >= 0.6 is 23.2 Å². The number of hydrogen-bond acceptors (Lipinski definition) is 4. The van der Waals surface area contributed by atoms with Crippen LogP contribution in [0.5, 0.6) is 5.75 Å². The summed E-state index contributed by atoms with van der Waals surface area (Å²) in [5, 5.41) is 14.5.